The minimum atomic E-state index is -0.650. The third-order valence-corrected chi connectivity index (χ3v) is 6.21. The van der Waals surface area contributed by atoms with Gasteiger partial charge < -0.3 is 30.6 Å². The van der Waals surface area contributed by atoms with Crippen LogP contribution in [0.3, 0.4) is 0 Å². The summed E-state index contributed by atoms with van der Waals surface area (Å²) in [6.07, 6.45) is 1.02. The number of aliphatic hydroxyl groups excluding tert-OH is 1. The van der Waals surface area contributed by atoms with Crippen LogP contribution in [0.4, 0.5) is 15.9 Å². The number of nitriles is 1. The van der Waals surface area contributed by atoms with E-state index in [-0.39, 0.29) is 46.5 Å². The second-order valence-electron chi connectivity index (χ2n) is 8.90. The number of hydrogen-bond acceptors (Lipinski definition) is 8. The average molecular weight is 528 g/mol. The predicted molar refractivity (Wildman–Crippen MR) is 139 cm³/mol. The number of carbonyl (C=O) groups is 2. The predicted octanol–water partition coefficient (Wildman–Crippen LogP) is 3.64. The maximum atomic E-state index is 13.7. The molecule has 196 valence electrons. The van der Waals surface area contributed by atoms with Crippen LogP contribution >= 0.6 is 0 Å². The fraction of sp³-hybridized carbons (Fsp3) is 0.143. The molecule has 39 heavy (non-hydrogen) atoms. The maximum Gasteiger partial charge on any atom is 0.292 e. The Morgan fingerprint density at radius 1 is 1.10 bits per heavy atom. The second kappa shape index (κ2) is 10.7. The van der Waals surface area contributed by atoms with E-state index in [0.717, 1.165) is 12.1 Å². The van der Waals surface area contributed by atoms with Gasteiger partial charge in [0.25, 0.3) is 5.91 Å². The topological polar surface area (TPSA) is 161 Å². The summed E-state index contributed by atoms with van der Waals surface area (Å²) in [5, 5.41) is 38.5. The van der Waals surface area contributed by atoms with Gasteiger partial charge in [-0.3, -0.25) is 9.59 Å². The summed E-state index contributed by atoms with van der Waals surface area (Å²) in [5.41, 5.74) is 1.63. The van der Waals surface area contributed by atoms with Gasteiger partial charge in [0.1, 0.15) is 23.2 Å². The zero-order valence-electron chi connectivity index (χ0n) is 20.3. The summed E-state index contributed by atoms with van der Waals surface area (Å²) in [7, 11) is 0. The molecule has 0 bridgehead atoms. The van der Waals surface area contributed by atoms with Gasteiger partial charge in [-0.05, 0) is 54.4 Å². The van der Waals surface area contributed by atoms with E-state index in [4.69, 9.17) is 4.42 Å². The summed E-state index contributed by atoms with van der Waals surface area (Å²) in [6, 6.07) is 16.2. The number of anilines is 2. The highest BCUT2D eigenvalue weighted by Gasteiger charge is 2.28. The van der Waals surface area contributed by atoms with Gasteiger partial charge in [-0.15, -0.1) is 0 Å². The Labute approximate surface area is 221 Å². The van der Waals surface area contributed by atoms with Crippen LogP contribution in [0.25, 0.3) is 22.4 Å². The van der Waals surface area contributed by atoms with Gasteiger partial charge in [-0.25, -0.2) is 9.37 Å². The fourth-order valence-corrected chi connectivity index (χ4v) is 4.32. The Bertz CT molecular complexity index is 1600. The number of nitrogens with one attached hydrogen (secondary N) is 3. The van der Waals surface area contributed by atoms with Crippen molar-refractivity contribution in [1.29, 1.82) is 5.26 Å². The van der Waals surface area contributed by atoms with Crippen molar-refractivity contribution in [3.05, 3.63) is 84.1 Å². The lowest BCUT2D eigenvalue weighted by atomic mass is 9.97. The minimum absolute atomic E-state index is 0.00683. The SMILES string of the molecule is N#Cc1c(-c2cccc(NC(=O)[C@@H]3CC(O)CN3)c2)cc(-c2ccc(F)cc2O)nc1NC(=O)c1ccco1. The first-order valence-corrected chi connectivity index (χ1v) is 11.9. The van der Waals surface area contributed by atoms with E-state index in [0.29, 0.717) is 23.4 Å². The van der Waals surface area contributed by atoms with Crippen molar-refractivity contribution < 1.29 is 28.6 Å². The highest BCUT2D eigenvalue weighted by atomic mass is 19.1. The molecule has 1 fully saturated rings. The average Bonchev–Trinajstić information content (AvgIpc) is 3.61. The van der Waals surface area contributed by atoms with Crippen molar-refractivity contribution in [2.45, 2.75) is 18.6 Å². The number of benzene rings is 2. The number of phenols is 1. The van der Waals surface area contributed by atoms with Gasteiger partial charge in [0, 0.05) is 29.4 Å². The third-order valence-electron chi connectivity index (χ3n) is 6.21. The monoisotopic (exact) mass is 527 g/mol. The Balaban J connectivity index is 1.58. The molecule has 0 saturated carbocycles. The molecule has 4 aromatic rings. The van der Waals surface area contributed by atoms with Crippen LogP contribution in [0.2, 0.25) is 0 Å². The molecular weight excluding hydrogens is 505 g/mol. The summed E-state index contributed by atoms with van der Waals surface area (Å²) in [5.74, 6) is -2.11. The van der Waals surface area contributed by atoms with Crippen LogP contribution in [0.15, 0.2) is 71.3 Å². The minimum Gasteiger partial charge on any atom is -0.507 e. The molecule has 0 aliphatic carbocycles. The summed E-state index contributed by atoms with van der Waals surface area (Å²) < 4.78 is 18.8. The van der Waals surface area contributed by atoms with Crippen molar-refractivity contribution in [1.82, 2.24) is 10.3 Å². The molecule has 10 nitrogen and oxygen atoms in total. The molecule has 1 aliphatic rings. The summed E-state index contributed by atoms with van der Waals surface area (Å²) in [4.78, 5) is 29.8. The molecule has 11 heteroatoms. The highest BCUT2D eigenvalue weighted by Crippen LogP contribution is 2.36. The summed E-state index contributed by atoms with van der Waals surface area (Å²) in [6.45, 7) is 0.326. The van der Waals surface area contributed by atoms with Crippen molar-refractivity contribution in [2.24, 2.45) is 0 Å². The number of furan rings is 1. The quantitative estimate of drug-likeness (QED) is 0.254. The van der Waals surface area contributed by atoms with Crippen molar-refractivity contribution in [3.8, 4) is 34.2 Å². The second-order valence-corrected chi connectivity index (χ2v) is 8.90. The number of amides is 2. The Kier molecular flexibility index (Phi) is 7.05. The Hall–Kier alpha value is -5.05. The third kappa shape index (κ3) is 5.47. The summed E-state index contributed by atoms with van der Waals surface area (Å²) >= 11 is 0. The number of pyridine rings is 1. The van der Waals surface area contributed by atoms with Gasteiger partial charge in [0.15, 0.2) is 11.6 Å². The number of aromatic hydroxyl groups is 1. The van der Waals surface area contributed by atoms with Crippen LogP contribution in [0.1, 0.15) is 22.5 Å². The van der Waals surface area contributed by atoms with Gasteiger partial charge in [0.2, 0.25) is 5.91 Å². The molecule has 2 aromatic heterocycles. The number of phenolic OH excluding ortho intramolecular Hbond substituents is 1. The lowest BCUT2D eigenvalue weighted by Gasteiger charge is -2.15. The fourth-order valence-electron chi connectivity index (χ4n) is 4.32. The molecule has 1 saturated heterocycles. The molecule has 1 unspecified atom stereocenters. The van der Waals surface area contributed by atoms with Crippen molar-refractivity contribution >= 4 is 23.3 Å². The molecule has 5 N–H and O–H groups in total. The van der Waals surface area contributed by atoms with E-state index in [9.17, 15) is 29.5 Å². The molecule has 5 rings (SSSR count). The van der Waals surface area contributed by atoms with Crippen LogP contribution in [-0.2, 0) is 4.79 Å². The van der Waals surface area contributed by atoms with E-state index in [1.807, 2.05) is 0 Å². The Morgan fingerprint density at radius 2 is 1.95 bits per heavy atom. The smallest absolute Gasteiger partial charge is 0.292 e. The molecule has 0 radical (unpaired) electrons. The van der Waals surface area contributed by atoms with E-state index < -0.39 is 23.9 Å². The van der Waals surface area contributed by atoms with Crippen LogP contribution < -0.4 is 16.0 Å². The van der Waals surface area contributed by atoms with Crippen LogP contribution in [0, 0.1) is 17.1 Å². The van der Waals surface area contributed by atoms with E-state index in [2.05, 4.69) is 27.0 Å². The first-order valence-electron chi connectivity index (χ1n) is 11.9. The number of hydrogen-bond donors (Lipinski definition) is 5. The number of aliphatic hydroxyl groups is 1. The van der Waals surface area contributed by atoms with E-state index in [1.54, 1.807) is 24.3 Å². The standard InChI is InChI=1S/C28H22FN5O5/c29-16-6-7-19(24(36)10-16)22-12-20(21(13-30)26(33-22)34-28(38)25-5-2-8-39-25)15-3-1-4-17(9-15)32-27(37)23-11-18(35)14-31-23/h1-10,12,18,23,31,35-36H,11,14H2,(H,32,37)(H,33,34,38)/t18?,23-/m0/s1. The van der Waals surface area contributed by atoms with E-state index in [1.165, 1.54) is 30.5 Å². The number of halogens is 1. The molecule has 2 atom stereocenters. The van der Waals surface area contributed by atoms with Gasteiger partial charge >= 0.3 is 0 Å². The Morgan fingerprint density at radius 3 is 2.64 bits per heavy atom. The zero-order valence-corrected chi connectivity index (χ0v) is 20.3. The van der Waals surface area contributed by atoms with Crippen molar-refractivity contribution in [3.63, 3.8) is 0 Å². The number of nitrogens with zero attached hydrogens (tertiary/aromatic N) is 2. The normalized spacial score (nSPS) is 16.4. The number of aromatic nitrogens is 1. The lowest BCUT2D eigenvalue weighted by molar-refractivity contribution is -0.117. The first-order chi connectivity index (χ1) is 18.8. The number of β-amino-alcohol motifs (C(OH)–C–C–N with tert-alkyl or cyclic N) is 1. The molecule has 0 spiro atoms. The first kappa shape index (κ1) is 25.6. The zero-order chi connectivity index (χ0) is 27.5. The molecule has 3 heterocycles. The maximum absolute atomic E-state index is 13.7. The molecule has 2 aromatic carbocycles. The largest absolute Gasteiger partial charge is 0.507 e. The number of rotatable bonds is 6. The lowest BCUT2D eigenvalue weighted by Crippen LogP contribution is -2.35. The molecular formula is C28H22FN5O5. The highest BCUT2D eigenvalue weighted by molar-refractivity contribution is 6.03. The van der Waals surface area contributed by atoms with E-state index >= 15 is 0 Å². The molecule has 1 aliphatic heterocycles. The molecule has 2 amide bonds. The van der Waals surface area contributed by atoms with Crippen molar-refractivity contribution in [2.75, 3.05) is 17.2 Å². The van der Waals surface area contributed by atoms with Crippen LogP contribution in [-0.4, -0.2) is 45.7 Å². The van der Waals surface area contributed by atoms with Gasteiger partial charge in [-0.2, -0.15) is 5.26 Å². The van der Waals surface area contributed by atoms with Gasteiger partial charge in [0.05, 0.1) is 24.1 Å². The van der Waals surface area contributed by atoms with Gasteiger partial charge in [-0.1, -0.05) is 12.1 Å². The number of carbonyl (C=O) groups excluding carboxylic acids is 2. The van der Waals surface area contributed by atoms with Crippen LogP contribution in [0.5, 0.6) is 5.75 Å².